The number of nitrogens with one attached hydrogen (secondary N) is 1. The molecule has 1 N–H and O–H groups in total. The molecule has 0 radical (unpaired) electrons. The normalized spacial score (nSPS) is 13.9. The molecule has 3 aromatic rings. The number of nitrogens with zero attached hydrogens (tertiary/aromatic N) is 4. The Morgan fingerprint density at radius 2 is 2.09 bits per heavy atom. The molecule has 1 aromatic carbocycles. The number of carbonyl (C=O) groups excluding carboxylic acids is 1. The molecule has 0 saturated heterocycles. The first-order valence-corrected chi connectivity index (χ1v) is 7.65. The van der Waals surface area contributed by atoms with Crippen molar-refractivity contribution in [1.82, 2.24) is 19.5 Å². The number of aromatic nitrogens is 3. The van der Waals surface area contributed by atoms with Crippen molar-refractivity contribution in [3.63, 3.8) is 0 Å². The van der Waals surface area contributed by atoms with Crippen molar-refractivity contribution in [1.29, 1.82) is 0 Å². The molecular weight excluding hydrogens is 290 g/mol. The van der Waals surface area contributed by atoms with Gasteiger partial charge in [0.25, 0.3) is 0 Å². The number of fused-ring (bicyclic) bond motifs is 3. The minimum Gasteiger partial charge on any atom is -0.320 e. The van der Waals surface area contributed by atoms with E-state index in [1.54, 1.807) is 4.90 Å². The van der Waals surface area contributed by atoms with Crippen LogP contribution in [0.5, 0.6) is 0 Å². The van der Waals surface area contributed by atoms with Crippen LogP contribution in [0.2, 0.25) is 0 Å². The number of aryl methyl sites for hydroxylation is 1. The quantitative estimate of drug-likeness (QED) is 0.751. The highest BCUT2D eigenvalue weighted by Gasteiger charge is 2.23. The molecule has 2 aromatic heterocycles. The molecule has 0 atom stereocenters. The highest BCUT2D eigenvalue weighted by Crippen LogP contribution is 2.20. The molecule has 4 rings (SSSR count). The first-order chi connectivity index (χ1) is 11.2. The van der Waals surface area contributed by atoms with Crippen LogP contribution in [0.15, 0.2) is 42.6 Å². The fraction of sp³-hybridized carbons (Fsp3) is 0.235. The standard InChI is InChI=1S/C17H17N5O/c1-12-9-16-18-10-13-11-21(8-7-15(13)22(16)20-12)17(23)19-14-5-3-2-4-6-14/h2-6,9-10H,7-8,11H2,1H3,(H,19,23). The monoisotopic (exact) mass is 307 g/mol. The van der Waals surface area contributed by atoms with E-state index in [1.807, 2.05) is 54.0 Å². The second-order valence-electron chi connectivity index (χ2n) is 5.75. The Kier molecular flexibility index (Phi) is 3.22. The summed E-state index contributed by atoms with van der Waals surface area (Å²) in [6, 6.07) is 11.4. The minimum atomic E-state index is -0.0846. The molecule has 2 amide bonds. The summed E-state index contributed by atoms with van der Waals surface area (Å²) in [5.41, 5.74) is 4.82. The van der Waals surface area contributed by atoms with E-state index < -0.39 is 0 Å². The highest BCUT2D eigenvalue weighted by molar-refractivity contribution is 5.89. The van der Waals surface area contributed by atoms with Gasteiger partial charge < -0.3 is 10.2 Å². The summed E-state index contributed by atoms with van der Waals surface area (Å²) in [7, 11) is 0. The van der Waals surface area contributed by atoms with Crippen molar-refractivity contribution < 1.29 is 4.79 Å². The Labute approximate surface area is 133 Å². The van der Waals surface area contributed by atoms with Crippen LogP contribution in [-0.2, 0) is 13.0 Å². The third-order valence-corrected chi connectivity index (χ3v) is 4.08. The largest absolute Gasteiger partial charge is 0.322 e. The Hall–Kier alpha value is -2.89. The predicted molar refractivity (Wildman–Crippen MR) is 87.3 cm³/mol. The highest BCUT2D eigenvalue weighted by atomic mass is 16.2. The molecule has 3 heterocycles. The van der Waals surface area contributed by atoms with Gasteiger partial charge in [0.1, 0.15) is 0 Å². The first kappa shape index (κ1) is 13.8. The van der Waals surface area contributed by atoms with Crippen molar-refractivity contribution in [3.05, 3.63) is 59.5 Å². The van der Waals surface area contributed by atoms with Gasteiger partial charge >= 0.3 is 6.03 Å². The molecule has 0 saturated carbocycles. The van der Waals surface area contributed by atoms with Crippen molar-refractivity contribution in [2.45, 2.75) is 19.9 Å². The van der Waals surface area contributed by atoms with Crippen molar-refractivity contribution in [2.75, 3.05) is 11.9 Å². The van der Waals surface area contributed by atoms with Crippen molar-refractivity contribution >= 4 is 17.4 Å². The molecule has 0 unspecified atom stereocenters. The van der Waals surface area contributed by atoms with Crippen LogP contribution >= 0.6 is 0 Å². The Balaban J connectivity index is 1.56. The van der Waals surface area contributed by atoms with Crippen LogP contribution in [-0.4, -0.2) is 32.1 Å². The first-order valence-electron chi connectivity index (χ1n) is 7.65. The summed E-state index contributed by atoms with van der Waals surface area (Å²) >= 11 is 0. The maximum absolute atomic E-state index is 12.4. The molecule has 0 spiro atoms. The number of benzene rings is 1. The molecule has 0 aliphatic carbocycles. The lowest BCUT2D eigenvalue weighted by Crippen LogP contribution is -2.39. The second-order valence-corrected chi connectivity index (χ2v) is 5.75. The minimum absolute atomic E-state index is 0.0846. The molecule has 0 fully saturated rings. The van der Waals surface area contributed by atoms with E-state index in [0.29, 0.717) is 13.1 Å². The maximum Gasteiger partial charge on any atom is 0.322 e. The van der Waals surface area contributed by atoms with E-state index in [2.05, 4.69) is 15.4 Å². The molecule has 116 valence electrons. The van der Waals surface area contributed by atoms with Gasteiger partial charge in [0, 0.05) is 36.5 Å². The molecule has 1 aliphatic heterocycles. The fourth-order valence-electron chi connectivity index (χ4n) is 2.95. The fourth-order valence-corrected chi connectivity index (χ4v) is 2.95. The lowest BCUT2D eigenvalue weighted by molar-refractivity contribution is 0.205. The number of anilines is 1. The van der Waals surface area contributed by atoms with Crippen LogP contribution < -0.4 is 5.32 Å². The van der Waals surface area contributed by atoms with E-state index in [9.17, 15) is 4.79 Å². The van der Waals surface area contributed by atoms with Crippen LogP contribution in [0, 0.1) is 6.92 Å². The molecule has 0 bridgehead atoms. The van der Waals surface area contributed by atoms with Crippen LogP contribution in [0.3, 0.4) is 0 Å². The van der Waals surface area contributed by atoms with E-state index >= 15 is 0 Å². The molecule has 23 heavy (non-hydrogen) atoms. The average Bonchev–Trinajstić information content (AvgIpc) is 2.96. The number of carbonyl (C=O) groups is 1. The summed E-state index contributed by atoms with van der Waals surface area (Å²) in [5.74, 6) is 0. The zero-order valence-electron chi connectivity index (χ0n) is 12.9. The summed E-state index contributed by atoms with van der Waals surface area (Å²) in [5, 5.41) is 7.43. The second kappa shape index (κ2) is 5.39. The lowest BCUT2D eigenvalue weighted by atomic mass is 10.1. The number of hydrogen-bond donors (Lipinski definition) is 1. The van der Waals surface area contributed by atoms with Gasteiger partial charge in [-0.15, -0.1) is 0 Å². The lowest BCUT2D eigenvalue weighted by Gasteiger charge is -2.28. The predicted octanol–water partition coefficient (Wildman–Crippen LogP) is 2.63. The van der Waals surface area contributed by atoms with Crippen LogP contribution in [0.1, 0.15) is 17.0 Å². The zero-order chi connectivity index (χ0) is 15.8. The Morgan fingerprint density at radius 3 is 2.91 bits per heavy atom. The van der Waals surface area contributed by atoms with E-state index in [-0.39, 0.29) is 6.03 Å². The third-order valence-electron chi connectivity index (χ3n) is 4.08. The topological polar surface area (TPSA) is 62.5 Å². The van der Waals surface area contributed by atoms with Gasteiger partial charge in [0.15, 0.2) is 5.65 Å². The summed E-state index contributed by atoms with van der Waals surface area (Å²) in [6.07, 6.45) is 2.63. The number of amides is 2. The molecule has 1 aliphatic rings. The van der Waals surface area contributed by atoms with Crippen LogP contribution in [0.25, 0.3) is 5.65 Å². The van der Waals surface area contributed by atoms with Gasteiger partial charge in [-0.05, 0) is 19.1 Å². The van der Waals surface area contributed by atoms with Gasteiger partial charge in [-0.1, -0.05) is 18.2 Å². The van der Waals surface area contributed by atoms with E-state index in [4.69, 9.17) is 0 Å². The van der Waals surface area contributed by atoms with Crippen molar-refractivity contribution in [3.8, 4) is 0 Å². The summed E-state index contributed by atoms with van der Waals surface area (Å²) in [6.45, 7) is 3.18. The van der Waals surface area contributed by atoms with Gasteiger partial charge in [0.2, 0.25) is 0 Å². The Bertz CT molecular complexity index is 871. The summed E-state index contributed by atoms with van der Waals surface area (Å²) < 4.78 is 1.90. The van der Waals surface area contributed by atoms with Gasteiger partial charge in [-0.25, -0.2) is 14.3 Å². The molecular formula is C17H17N5O. The van der Waals surface area contributed by atoms with Gasteiger partial charge in [0.05, 0.1) is 17.9 Å². The number of hydrogen-bond acceptors (Lipinski definition) is 3. The van der Waals surface area contributed by atoms with Gasteiger partial charge in [-0.2, -0.15) is 5.10 Å². The molecule has 6 nitrogen and oxygen atoms in total. The third kappa shape index (κ3) is 2.52. The summed E-state index contributed by atoms with van der Waals surface area (Å²) in [4.78, 5) is 18.7. The van der Waals surface area contributed by atoms with Crippen LogP contribution in [0.4, 0.5) is 10.5 Å². The van der Waals surface area contributed by atoms with Crippen molar-refractivity contribution in [2.24, 2.45) is 0 Å². The van der Waals surface area contributed by atoms with E-state index in [1.165, 1.54) is 0 Å². The maximum atomic E-state index is 12.4. The number of rotatable bonds is 1. The number of para-hydroxylation sites is 1. The zero-order valence-corrected chi connectivity index (χ0v) is 12.9. The smallest absolute Gasteiger partial charge is 0.320 e. The van der Waals surface area contributed by atoms with E-state index in [0.717, 1.165) is 34.7 Å². The molecule has 6 heteroatoms. The number of urea groups is 1. The van der Waals surface area contributed by atoms with Gasteiger partial charge in [-0.3, -0.25) is 0 Å². The average molecular weight is 307 g/mol. The Morgan fingerprint density at radius 1 is 1.26 bits per heavy atom. The SMILES string of the molecule is Cc1cc2ncc3c(n2n1)CCN(C(=O)Nc1ccccc1)C3.